The fraction of sp³-hybridized carbons (Fsp3) is 0.100. The summed E-state index contributed by atoms with van der Waals surface area (Å²) < 4.78 is 28.6. The number of nitrogens with one attached hydrogen (secondary N) is 2. The standard InChI is InChI=1S/C20H19N3O2S/c21-11-10-15-13-22-19-9-8-16(12-18(15)19)23-26(24,25)20-7-3-5-14-4-1-2-6-17(14)20/h1-9,12-13,22-23H,10-11,21H2. The van der Waals surface area contributed by atoms with Gasteiger partial charge in [-0.3, -0.25) is 4.72 Å². The number of hydrogen-bond donors (Lipinski definition) is 3. The summed E-state index contributed by atoms with van der Waals surface area (Å²) in [6, 6.07) is 18.2. The molecule has 4 N–H and O–H groups in total. The molecular formula is C20H19N3O2S. The van der Waals surface area contributed by atoms with E-state index >= 15 is 0 Å². The van der Waals surface area contributed by atoms with Crippen LogP contribution in [0.25, 0.3) is 21.7 Å². The number of H-pyrrole nitrogens is 1. The molecule has 0 atom stereocenters. The van der Waals surface area contributed by atoms with Crippen LogP contribution in [0, 0.1) is 0 Å². The van der Waals surface area contributed by atoms with Crippen molar-refractivity contribution in [2.75, 3.05) is 11.3 Å². The van der Waals surface area contributed by atoms with Gasteiger partial charge in [-0.05, 0) is 48.2 Å². The molecule has 132 valence electrons. The lowest BCUT2D eigenvalue weighted by Crippen LogP contribution is -2.13. The van der Waals surface area contributed by atoms with Gasteiger partial charge >= 0.3 is 0 Å². The Bertz CT molecular complexity index is 1190. The van der Waals surface area contributed by atoms with Crippen molar-refractivity contribution in [1.29, 1.82) is 0 Å². The van der Waals surface area contributed by atoms with Crippen LogP contribution in [-0.4, -0.2) is 19.9 Å². The largest absolute Gasteiger partial charge is 0.361 e. The van der Waals surface area contributed by atoms with Crippen LogP contribution in [-0.2, 0) is 16.4 Å². The van der Waals surface area contributed by atoms with E-state index in [1.807, 2.05) is 48.7 Å². The molecule has 0 aliphatic rings. The highest BCUT2D eigenvalue weighted by molar-refractivity contribution is 7.93. The van der Waals surface area contributed by atoms with Crippen molar-refractivity contribution in [3.05, 3.63) is 72.4 Å². The fourth-order valence-electron chi connectivity index (χ4n) is 3.24. The van der Waals surface area contributed by atoms with Crippen molar-refractivity contribution in [2.24, 2.45) is 5.73 Å². The van der Waals surface area contributed by atoms with E-state index in [1.165, 1.54) is 0 Å². The summed E-state index contributed by atoms with van der Waals surface area (Å²) in [4.78, 5) is 3.46. The molecule has 0 aliphatic carbocycles. The lowest BCUT2D eigenvalue weighted by molar-refractivity contribution is 0.602. The maximum Gasteiger partial charge on any atom is 0.262 e. The average Bonchev–Trinajstić information content (AvgIpc) is 3.03. The molecular weight excluding hydrogens is 346 g/mol. The molecule has 6 heteroatoms. The first-order chi connectivity index (χ1) is 12.6. The third-order valence-electron chi connectivity index (χ3n) is 4.47. The number of benzene rings is 3. The smallest absolute Gasteiger partial charge is 0.262 e. The number of anilines is 1. The highest BCUT2D eigenvalue weighted by Gasteiger charge is 2.17. The first-order valence-electron chi connectivity index (χ1n) is 8.39. The van der Waals surface area contributed by atoms with Crippen LogP contribution in [0.3, 0.4) is 0 Å². The molecule has 0 bridgehead atoms. The molecule has 0 fully saturated rings. The molecule has 0 radical (unpaired) electrons. The second kappa shape index (κ2) is 6.48. The Labute approximate surface area is 151 Å². The van der Waals surface area contributed by atoms with Gasteiger partial charge < -0.3 is 10.7 Å². The maximum absolute atomic E-state index is 13.0. The van der Waals surface area contributed by atoms with E-state index in [0.29, 0.717) is 17.6 Å². The minimum atomic E-state index is -3.70. The molecule has 0 saturated heterocycles. The first kappa shape index (κ1) is 16.6. The maximum atomic E-state index is 13.0. The van der Waals surface area contributed by atoms with Crippen LogP contribution in [0.1, 0.15) is 5.56 Å². The Morgan fingerprint density at radius 2 is 1.77 bits per heavy atom. The molecule has 5 nitrogen and oxygen atoms in total. The quantitative estimate of drug-likeness (QED) is 0.505. The fourth-order valence-corrected chi connectivity index (χ4v) is 4.52. The molecule has 0 amide bonds. The molecule has 0 saturated carbocycles. The zero-order valence-electron chi connectivity index (χ0n) is 14.1. The van der Waals surface area contributed by atoms with Gasteiger partial charge in [0.25, 0.3) is 10.0 Å². The van der Waals surface area contributed by atoms with Gasteiger partial charge in [0.1, 0.15) is 0 Å². The van der Waals surface area contributed by atoms with Gasteiger partial charge in [-0.1, -0.05) is 36.4 Å². The third-order valence-corrected chi connectivity index (χ3v) is 5.91. The number of hydrogen-bond acceptors (Lipinski definition) is 3. The first-order valence-corrected chi connectivity index (χ1v) is 9.87. The van der Waals surface area contributed by atoms with Crippen molar-refractivity contribution in [3.8, 4) is 0 Å². The van der Waals surface area contributed by atoms with Crippen molar-refractivity contribution in [3.63, 3.8) is 0 Å². The SMILES string of the molecule is NCCc1c[nH]c2ccc(NS(=O)(=O)c3cccc4ccccc34)cc12. The average molecular weight is 365 g/mol. The van der Waals surface area contributed by atoms with Crippen LogP contribution in [0.5, 0.6) is 0 Å². The molecule has 26 heavy (non-hydrogen) atoms. The van der Waals surface area contributed by atoms with Crippen LogP contribution >= 0.6 is 0 Å². The van der Waals surface area contributed by atoms with Crippen molar-refractivity contribution in [1.82, 2.24) is 4.98 Å². The monoisotopic (exact) mass is 365 g/mol. The van der Waals surface area contributed by atoms with Crippen molar-refractivity contribution >= 4 is 37.4 Å². The summed E-state index contributed by atoms with van der Waals surface area (Å²) >= 11 is 0. The predicted molar refractivity (Wildman–Crippen MR) is 106 cm³/mol. The molecule has 1 aromatic heterocycles. The normalized spacial score (nSPS) is 11.9. The van der Waals surface area contributed by atoms with E-state index < -0.39 is 10.0 Å². The summed E-state index contributed by atoms with van der Waals surface area (Å²) in [5, 5.41) is 2.57. The van der Waals surface area contributed by atoms with Crippen LogP contribution in [0.4, 0.5) is 5.69 Å². The van der Waals surface area contributed by atoms with Gasteiger partial charge in [-0.2, -0.15) is 0 Å². The van der Waals surface area contributed by atoms with E-state index in [0.717, 1.165) is 28.3 Å². The Hall–Kier alpha value is -2.83. The van der Waals surface area contributed by atoms with Gasteiger partial charge in [0, 0.05) is 28.2 Å². The third kappa shape index (κ3) is 2.94. The van der Waals surface area contributed by atoms with Crippen LogP contribution < -0.4 is 10.5 Å². The molecule has 0 spiro atoms. The summed E-state index contributed by atoms with van der Waals surface area (Å²) in [7, 11) is -3.70. The van der Waals surface area contributed by atoms with E-state index in [1.54, 1.807) is 18.2 Å². The van der Waals surface area contributed by atoms with E-state index in [9.17, 15) is 8.42 Å². The zero-order chi connectivity index (χ0) is 18.1. The Balaban J connectivity index is 1.75. The molecule has 4 rings (SSSR count). The second-order valence-electron chi connectivity index (χ2n) is 6.20. The highest BCUT2D eigenvalue weighted by atomic mass is 32.2. The Morgan fingerprint density at radius 3 is 2.62 bits per heavy atom. The summed E-state index contributed by atoms with van der Waals surface area (Å²) in [6.45, 7) is 0.541. The minimum Gasteiger partial charge on any atom is -0.361 e. The lowest BCUT2D eigenvalue weighted by atomic mass is 10.1. The van der Waals surface area contributed by atoms with Gasteiger partial charge in [-0.15, -0.1) is 0 Å². The lowest BCUT2D eigenvalue weighted by Gasteiger charge is -2.11. The second-order valence-corrected chi connectivity index (χ2v) is 7.85. The minimum absolute atomic E-state index is 0.270. The topological polar surface area (TPSA) is 88.0 Å². The van der Waals surface area contributed by atoms with E-state index in [-0.39, 0.29) is 4.90 Å². The molecule has 0 aliphatic heterocycles. The van der Waals surface area contributed by atoms with Crippen LogP contribution in [0.15, 0.2) is 71.8 Å². The molecule has 1 heterocycles. The Morgan fingerprint density at radius 1 is 0.962 bits per heavy atom. The zero-order valence-corrected chi connectivity index (χ0v) is 14.9. The van der Waals surface area contributed by atoms with Crippen molar-refractivity contribution < 1.29 is 8.42 Å². The van der Waals surface area contributed by atoms with Crippen LogP contribution in [0.2, 0.25) is 0 Å². The number of aromatic nitrogens is 1. The number of fused-ring (bicyclic) bond motifs is 2. The highest BCUT2D eigenvalue weighted by Crippen LogP contribution is 2.27. The van der Waals surface area contributed by atoms with E-state index in [2.05, 4.69) is 9.71 Å². The van der Waals surface area contributed by atoms with Gasteiger partial charge in [0.2, 0.25) is 0 Å². The molecule has 4 aromatic rings. The van der Waals surface area contributed by atoms with Gasteiger partial charge in [-0.25, -0.2) is 8.42 Å². The van der Waals surface area contributed by atoms with Gasteiger partial charge in [0.15, 0.2) is 0 Å². The molecule has 3 aromatic carbocycles. The van der Waals surface area contributed by atoms with Gasteiger partial charge in [0.05, 0.1) is 4.90 Å². The predicted octanol–water partition coefficient (Wildman–Crippen LogP) is 3.62. The summed E-state index contributed by atoms with van der Waals surface area (Å²) in [5.74, 6) is 0. The number of nitrogens with two attached hydrogens (primary N) is 1. The number of rotatable bonds is 5. The van der Waals surface area contributed by atoms with Crippen molar-refractivity contribution in [2.45, 2.75) is 11.3 Å². The van der Waals surface area contributed by atoms with E-state index in [4.69, 9.17) is 5.73 Å². The number of aromatic amines is 1. The molecule has 0 unspecified atom stereocenters. The Kier molecular flexibility index (Phi) is 4.14. The summed E-state index contributed by atoms with van der Waals surface area (Å²) in [5.41, 5.74) is 8.22. The number of sulfonamides is 1. The summed E-state index contributed by atoms with van der Waals surface area (Å²) in [6.07, 6.45) is 2.65.